The number of aromatic nitrogens is 1. The molecule has 0 aliphatic rings. The third kappa shape index (κ3) is 2.41. The molecule has 0 bridgehead atoms. The van der Waals surface area contributed by atoms with Gasteiger partial charge in [0.25, 0.3) is 0 Å². The first-order valence-electron chi connectivity index (χ1n) is 4.50. The lowest BCUT2D eigenvalue weighted by Crippen LogP contribution is -1.79. The van der Waals surface area contributed by atoms with Gasteiger partial charge in [0.05, 0.1) is 19.8 Å². The maximum atomic E-state index is 13.2. The van der Waals surface area contributed by atoms with Gasteiger partial charge in [-0.25, -0.2) is 9.37 Å². The summed E-state index contributed by atoms with van der Waals surface area (Å²) in [5.41, 5.74) is 0.303. The lowest BCUT2D eigenvalue weighted by atomic mass is 10.3. The highest BCUT2D eigenvalue weighted by Crippen LogP contribution is 2.35. The molecule has 1 heterocycles. The monoisotopic (exact) mass is 265 g/mol. The summed E-state index contributed by atoms with van der Waals surface area (Å²) in [5, 5.41) is 1.39. The standard InChI is InChI=1S/C8H4Cl2FNS.C2H6/c1-3-12-7-5(11)2-4(9)6(10)8(7)13-3;1-2/h2H,1H3;1-2H3. The summed E-state index contributed by atoms with van der Waals surface area (Å²) in [5.74, 6) is -0.422. The molecule has 0 amide bonds. The fourth-order valence-electron chi connectivity index (χ4n) is 1.09. The fraction of sp³-hybridized carbons (Fsp3) is 0.300. The van der Waals surface area contributed by atoms with Gasteiger partial charge in [0.15, 0.2) is 5.82 Å². The zero-order valence-electron chi connectivity index (χ0n) is 8.57. The van der Waals surface area contributed by atoms with Crippen molar-refractivity contribution in [2.45, 2.75) is 20.8 Å². The van der Waals surface area contributed by atoms with Gasteiger partial charge >= 0.3 is 0 Å². The minimum absolute atomic E-state index is 0.232. The molecule has 0 fully saturated rings. The first kappa shape index (κ1) is 12.7. The van der Waals surface area contributed by atoms with Gasteiger partial charge in [-0.05, 0) is 13.0 Å². The molecule has 5 heteroatoms. The van der Waals surface area contributed by atoms with Crippen LogP contribution in [0.5, 0.6) is 0 Å². The van der Waals surface area contributed by atoms with Crippen molar-refractivity contribution >= 4 is 44.8 Å². The quantitative estimate of drug-likeness (QED) is 0.606. The number of hydrogen-bond acceptors (Lipinski definition) is 2. The highest BCUT2D eigenvalue weighted by atomic mass is 35.5. The van der Waals surface area contributed by atoms with Gasteiger partial charge in [0.1, 0.15) is 5.52 Å². The topological polar surface area (TPSA) is 12.9 Å². The number of thiazole rings is 1. The van der Waals surface area contributed by atoms with E-state index in [2.05, 4.69) is 4.98 Å². The van der Waals surface area contributed by atoms with Crippen molar-refractivity contribution < 1.29 is 4.39 Å². The summed E-state index contributed by atoms with van der Waals surface area (Å²) in [6.45, 7) is 5.80. The average molecular weight is 266 g/mol. The number of nitrogens with zero attached hydrogens (tertiary/aromatic N) is 1. The van der Waals surface area contributed by atoms with Crippen LogP contribution in [0.25, 0.3) is 10.2 Å². The maximum absolute atomic E-state index is 13.2. The van der Waals surface area contributed by atoms with Crippen LogP contribution in [-0.4, -0.2) is 4.98 Å². The first-order chi connectivity index (χ1) is 7.09. The third-order valence-corrected chi connectivity index (χ3v) is 3.51. The van der Waals surface area contributed by atoms with E-state index in [4.69, 9.17) is 23.2 Å². The zero-order valence-corrected chi connectivity index (χ0v) is 10.9. The number of fused-ring (bicyclic) bond motifs is 1. The van der Waals surface area contributed by atoms with Gasteiger partial charge in [-0.3, -0.25) is 0 Å². The van der Waals surface area contributed by atoms with Gasteiger partial charge in [-0.15, -0.1) is 11.3 Å². The SMILES string of the molecule is CC.Cc1nc2c(F)cc(Cl)c(Cl)c2s1. The minimum Gasteiger partial charge on any atom is -0.238 e. The molecule has 0 aliphatic heterocycles. The van der Waals surface area contributed by atoms with Crippen LogP contribution in [0.2, 0.25) is 10.0 Å². The van der Waals surface area contributed by atoms with Crippen molar-refractivity contribution in [1.29, 1.82) is 0 Å². The van der Waals surface area contributed by atoms with Crippen molar-refractivity contribution in [2.24, 2.45) is 0 Å². The summed E-state index contributed by atoms with van der Waals surface area (Å²) in [7, 11) is 0. The summed E-state index contributed by atoms with van der Waals surface area (Å²) in [6, 6.07) is 1.19. The van der Waals surface area contributed by atoms with E-state index >= 15 is 0 Å². The lowest BCUT2D eigenvalue weighted by Gasteiger charge is -1.96. The van der Waals surface area contributed by atoms with Crippen LogP contribution in [-0.2, 0) is 0 Å². The summed E-state index contributed by atoms with van der Waals surface area (Å²) >= 11 is 12.9. The van der Waals surface area contributed by atoms with Crippen molar-refractivity contribution in [3.05, 3.63) is 26.9 Å². The van der Waals surface area contributed by atoms with Gasteiger partial charge in [0.2, 0.25) is 0 Å². The second-order valence-electron chi connectivity index (χ2n) is 2.56. The number of rotatable bonds is 0. The Morgan fingerprint density at radius 2 is 1.93 bits per heavy atom. The molecule has 0 saturated carbocycles. The molecule has 1 aromatic carbocycles. The predicted molar refractivity (Wildman–Crippen MR) is 65.7 cm³/mol. The number of halogens is 3. The predicted octanol–water partition coefficient (Wildman–Crippen LogP) is 5.08. The molecular formula is C10H10Cl2FNS. The van der Waals surface area contributed by atoms with Gasteiger partial charge in [0, 0.05) is 0 Å². The Kier molecular flexibility index (Phi) is 4.32. The number of hydrogen-bond donors (Lipinski definition) is 0. The van der Waals surface area contributed by atoms with Crippen molar-refractivity contribution in [2.75, 3.05) is 0 Å². The van der Waals surface area contributed by atoms with Crippen LogP contribution in [0.15, 0.2) is 6.07 Å². The molecule has 2 aromatic rings. The summed E-state index contributed by atoms with van der Waals surface area (Å²) in [4.78, 5) is 4.02. The fourth-order valence-corrected chi connectivity index (χ4v) is 2.47. The second kappa shape index (κ2) is 5.10. The van der Waals surface area contributed by atoms with E-state index in [1.54, 1.807) is 6.92 Å². The van der Waals surface area contributed by atoms with Gasteiger partial charge in [-0.2, -0.15) is 0 Å². The summed E-state index contributed by atoms with van der Waals surface area (Å²) in [6.07, 6.45) is 0. The molecule has 0 aliphatic carbocycles. The first-order valence-corrected chi connectivity index (χ1v) is 6.07. The molecule has 0 unspecified atom stereocenters. The molecule has 0 atom stereocenters. The van der Waals surface area contributed by atoms with Crippen LogP contribution < -0.4 is 0 Å². The van der Waals surface area contributed by atoms with E-state index in [1.165, 1.54) is 17.4 Å². The molecule has 0 N–H and O–H groups in total. The summed E-state index contributed by atoms with van der Waals surface area (Å²) < 4.78 is 13.9. The Labute approximate surface area is 102 Å². The van der Waals surface area contributed by atoms with E-state index < -0.39 is 5.82 Å². The average Bonchev–Trinajstić information content (AvgIpc) is 2.61. The zero-order chi connectivity index (χ0) is 11.6. The van der Waals surface area contributed by atoms with Crippen molar-refractivity contribution in [3.63, 3.8) is 0 Å². The Hall–Kier alpha value is -0.380. The second-order valence-corrected chi connectivity index (χ2v) is 4.55. The normalized spacial score (nSPS) is 10.0. The molecule has 15 heavy (non-hydrogen) atoms. The third-order valence-electron chi connectivity index (χ3n) is 1.62. The largest absolute Gasteiger partial charge is 0.238 e. The Morgan fingerprint density at radius 1 is 1.33 bits per heavy atom. The number of aryl methyl sites for hydroxylation is 1. The highest BCUT2D eigenvalue weighted by molar-refractivity contribution is 7.19. The van der Waals surface area contributed by atoms with E-state index in [-0.39, 0.29) is 5.02 Å². The molecule has 0 saturated heterocycles. The number of benzene rings is 1. The Morgan fingerprint density at radius 3 is 2.53 bits per heavy atom. The molecule has 0 radical (unpaired) electrons. The van der Waals surface area contributed by atoms with E-state index in [0.29, 0.717) is 15.2 Å². The molecule has 1 nitrogen and oxygen atoms in total. The Balaban J connectivity index is 0.000000531. The van der Waals surface area contributed by atoms with Gasteiger partial charge in [-0.1, -0.05) is 37.0 Å². The van der Waals surface area contributed by atoms with E-state index in [0.717, 1.165) is 5.01 Å². The molecule has 0 spiro atoms. The van der Waals surface area contributed by atoms with E-state index in [9.17, 15) is 4.39 Å². The highest BCUT2D eigenvalue weighted by Gasteiger charge is 2.13. The van der Waals surface area contributed by atoms with Crippen molar-refractivity contribution in [1.82, 2.24) is 4.98 Å². The smallest absolute Gasteiger partial charge is 0.151 e. The minimum atomic E-state index is -0.422. The van der Waals surface area contributed by atoms with Crippen LogP contribution >= 0.6 is 34.5 Å². The van der Waals surface area contributed by atoms with Gasteiger partial charge < -0.3 is 0 Å². The van der Waals surface area contributed by atoms with Crippen LogP contribution in [0.1, 0.15) is 18.9 Å². The molecule has 82 valence electrons. The molecule has 2 rings (SSSR count). The van der Waals surface area contributed by atoms with Crippen LogP contribution in [0.3, 0.4) is 0 Å². The van der Waals surface area contributed by atoms with Crippen LogP contribution in [0, 0.1) is 12.7 Å². The van der Waals surface area contributed by atoms with Crippen molar-refractivity contribution in [3.8, 4) is 0 Å². The Bertz CT molecular complexity index is 482. The van der Waals surface area contributed by atoms with Crippen LogP contribution in [0.4, 0.5) is 4.39 Å². The molecule has 1 aromatic heterocycles. The molecular weight excluding hydrogens is 256 g/mol. The maximum Gasteiger partial charge on any atom is 0.151 e. The lowest BCUT2D eigenvalue weighted by molar-refractivity contribution is 0.637. The van der Waals surface area contributed by atoms with E-state index in [1.807, 2.05) is 13.8 Å².